The number of pyridine rings is 2. The van der Waals surface area contributed by atoms with Gasteiger partial charge in [-0.05, 0) is 17.7 Å². The van der Waals surface area contributed by atoms with E-state index in [1.165, 1.54) is 18.3 Å². The van der Waals surface area contributed by atoms with Crippen LogP contribution in [0.15, 0.2) is 36.7 Å². The molecule has 1 aliphatic heterocycles. The SMILES string of the molecule is O=C(Cc1ccc([C@@H]2CNCCO2)nc1)c1ccc(OCC(F)(F)F)nc1. The van der Waals surface area contributed by atoms with Crippen molar-refractivity contribution in [3.8, 4) is 5.88 Å². The highest BCUT2D eigenvalue weighted by molar-refractivity contribution is 5.97. The molecule has 6 nitrogen and oxygen atoms in total. The first-order valence-corrected chi connectivity index (χ1v) is 8.37. The molecule has 144 valence electrons. The molecule has 3 rings (SSSR count). The predicted octanol–water partition coefficient (Wildman–Crippen LogP) is 2.50. The summed E-state index contributed by atoms with van der Waals surface area (Å²) in [6.45, 7) is 0.713. The topological polar surface area (TPSA) is 73.3 Å². The lowest BCUT2D eigenvalue weighted by Crippen LogP contribution is -2.33. The summed E-state index contributed by atoms with van der Waals surface area (Å²) in [7, 11) is 0. The number of ketones is 1. The molecule has 0 bridgehead atoms. The monoisotopic (exact) mass is 381 g/mol. The average Bonchev–Trinajstić information content (AvgIpc) is 2.67. The fourth-order valence-electron chi connectivity index (χ4n) is 2.56. The van der Waals surface area contributed by atoms with Gasteiger partial charge in [-0.25, -0.2) is 4.98 Å². The van der Waals surface area contributed by atoms with E-state index in [9.17, 15) is 18.0 Å². The maximum atomic E-state index is 12.3. The van der Waals surface area contributed by atoms with Crippen LogP contribution >= 0.6 is 0 Å². The highest BCUT2D eigenvalue weighted by Gasteiger charge is 2.28. The van der Waals surface area contributed by atoms with E-state index < -0.39 is 12.8 Å². The average molecular weight is 381 g/mol. The maximum Gasteiger partial charge on any atom is 0.422 e. The molecular weight excluding hydrogens is 363 g/mol. The first kappa shape index (κ1) is 19.2. The number of rotatable bonds is 6. The second kappa shape index (κ2) is 8.45. The standard InChI is InChI=1S/C18H18F3N3O3/c19-18(20,21)11-27-17-4-2-13(9-24-17)15(25)7-12-1-3-14(23-8-12)16-10-22-5-6-26-16/h1-4,8-9,16,22H,5-7,10-11H2/t16-/m0/s1. The minimum absolute atomic E-state index is 0.100. The molecule has 9 heteroatoms. The van der Waals surface area contributed by atoms with Crippen molar-refractivity contribution < 1.29 is 27.4 Å². The molecule has 2 aromatic rings. The van der Waals surface area contributed by atoms with E-state index in [1.54, 1.807) is 6.20 Å². The van der Waals surface area contributed by atoms with Gasteiger partial charge in [0.1, 0.15) is 6.10 Å². The third-order valence-electron chi connectivity index (χ3n) is 3.91. The minimum atomic E-state index is -4.44. The summed E-state index contributed by atoms with van der Waals surface area (Å²) < 4.78 is 46.5. The number of halogens is 3. The van der Waals surface area contributed by atoms with E-state index in [-0.39, 0.29) is 24.2 Å². The summed E-state index contributed by atoms with van der Waals surface area (Å²) in [4.78, 5) is 20.4. The van der Waals surface area contributed by atoms with Crippen LogP contribution in [0.3, 0.4) is 0 Å². The zero-order chi connectivity index (χ0) is 19.3. The van der Waals surface area contributed by atoms with Crippen LogP contribution in [-0.4, -0.2) is 48.2 Å². The Bertz CT molecular complexity index is 758. The van der Waals surface area contributed by atoms with Gasteiger partial charge in [0, 0.05) is 43.5 Å². The summed E-state index contributed by atoms with van der Waals surface area (Å²) in [5.74, 6) is -0.397. The third kappa shape index (κ3) is 5.73. The number of aromatic nitrogens is 2. The second-order valence-electron chi connectivity index (χ2n) is 6.04. The van der Waals surface area contributed by atoms with Crippen LogP contribution in [-0.2, 0) is 11.2 Å². The quantitative estimate of drug-likeness (QED) is 0.776. The van der Waals surface area contributed by atoms with Gasteiger partial charge < -0.3 is 14.8 Å². The van der Waals surface area contributed by atoms with Gasteiger partial charge in [0.15, 0.2) is 12.4 Å². The Kier molecular flexibility index (Phi) is 6.02. The fraction of sp³-hybridized carbons (Fsp3) is 0.389. The minimum Gasteiger partial charge on any atom is -0.468 e. The predicted molar refractivity (Wildman–Crippen MR) is 89.6 cm³/mol. The van der Waals surface area contributed by atoms with Crippen molar-refractivity contribution in [1.82, 2.24) is 15.3 Å². The molecule has 3 heterocycles. The first-order valence-electron chi connectivity index (χ1n) is 8.37. The lowest BCUT2D eigenvalue weighted by atomic mass is 10.1. The van der Waals surface area contributed by atoms with Gasteiger partial charge in [-0.2, -0.15) is 13.2 Å². The molecule has 0 saturated carbocycles. The number of nitrogens with zero attached hydrogens (tertiary/aromatic N) is 2. The molecule has 0 radical (unpaired) electrons. The van der Waals surface area contributed by atoms with Crippen LogP contribution in [0.4, 0.5) is 13.2 Å². The number of hydrogen-bond donors (Lipinski definition) is 1. The molecule has 0 unspecified atom stereocenters. The lowest BCUT2D eigenvalue weighted by molar-refractivity contribution is -0.154. The number of carbonyl (C=O) groups is 1. The van der Waals surface area contributed by atoms with Crippen LogP contribution in [0.5, 0.6) is 5.88 Å². The largest absolute Gasteiger partial charge is 0.468 e. The summed E-state index contributed by atoms with van der Waals surface area (Å²) in [6, 6.07) is 6.27. The van der Waals surface area contributed by atoms with Gasteiger partial charge in [-0.3, -0.25) is 9.78 Å². The Balaban J connectivity index is 1.56. The Morgan fingerprint density at radius 3 is 2.67 bits per heavy atom. The van der Waals surface area contributed by atoms with E-state index in [4.69, 9.17) is 4.74 Å². The van der Waals surface area contributed by atoms with Crippen LogP contribution in [0.25, 0.3) is 0 Å². The Hall–Kier alpha value is -2.52. The zero-order valence-corrected chi connectivity index (χ0v) is 14.3. The number of Topliss-reactive ketones (excluding diaryl/α,β-unsaturated/α-hetero) is 1. The van der Waals surface area contributed by atoms with E-state index in [2.05, 4.69) is 20.0 Å². The van der Waals surface area contributed by atoms with Crippen molar-refractivity contribution in [3.63, 3.8) is 0 Å². The van der Waals surface area contributed by atoms with Gasteiger partial charge >= 0.3 is 6.18 Å². The molecule has 0 amide bonds. The first-order chi connectivity index (χ1) is 12.9. The fourth-order valence-corrected chi connectivity index (χ4v) is 2.56. The molecule has 1 atom stereocenters. The van der Waals surface area contributed by atoms with Gasteiger partial charge in [0.05, 0.1) is 12.3 Å². The number of carbonyl (C=O) groups excluding carboxylic acids is 1. The van der Waals surface area contributed by atoms with E-state index in [0.717, 1.165) is 17.8 Å². The number of alkyl halides is 3. The highest BCUT2D eigenvalue weighted by atomic mass is 19.4. The van der Waals surface area contributed by atoms with E-state index in [1.807, 2.05) is 12.1 Å². The summed E-state index contributed by atoms with van der Waals surface area (Å²) in [5.41, 5.74) is 1.81. The zero-order valence-electron chi connectivity index (χ0n) is 14.3. The molecule has 0 aliphatic carbocycles. The summed E-state index contributed by atoms with van der Waals surface area (Å²) in [5, 5.41) is 3.22. The number of nitrogens with one attached hydrogen (secondary N) is 1. The molecule has 1 N–H and O–H groups in total. The maximum absolute atomic E-state index is 12.3. The van der Waals surface area contributed by atoms with Crippen molar-refractivity contribution >= 4 is 5.78 Å². The van der Waals surface area contributed by atoms with E-state index >= 15 is 0 Å². The van der Waals surface area contributed by atoms with Crippen LogP contribution in [0, 0.1) is 0 Å². The van der Waals surface area contributed by atoms with E-state index in [0.29, 0.717) is 18.7 Å². The van der Waals surface area contributed by atoms with Gasteiger partial charge in [0.2, 0.25) is 5.88 Å². The van der Waals surface area contributed by atoms with Crippen molar-refractivity contribution in [2.24, 2.45) is 0 Å². The van der Waals surface area contributed by atoms with Crippen LogP contribution in [0.2, 0.25) is 0 Å². The Morgan fingerprint density at radius 2 is 2.07 bits per heavy atom. The van der Waals surface area contributed by atoms with Crippen LogP contribution < -0.4 is 10.1 Å². The number of ether oxygens (including phenoxy) is 2. The Morgan fingerprint density at radius 1 is 1.22 bits per heavy atom. The molecular formula is C18H18F3N3O3. The second-order valence-corrected chi connectivity index (χ2v) is 6.04. The molecule has 0 spiro atoms. The van der Waals surface area contributed by atoms with Gasteiger partial charge in [0.25, 0.3) is 0 Å². The smallest absolute Gasteiger partial charge is 0.422 e. The third-order valence-corrected chi connectivity index (χ3v) is 3.91. The highest BCUT2D eigenvalue weighted by Crippen LogP contribution is 2.19. The molecule has 1 saturated heterocycles. The molecule has 2 aromatic heterocycles. The number of hydrogen-bond acceptors (Lipinski definition) is 6. The van der Waals surface area contributed by atoms with Gasteiger partial charge in [-0.1, -0.05) is 6.07 Å². The molecule has 1 aliphatic rings. The molecule has 27 heavy (non-hydrogen) atoms. The normalized spacial score (nSPS) is 17.5. The number of morpholine rings is 1. The van der Waals surface area contributed by atoms with Crippen molar-refractivity contribution in [2.45, 2.75) is 18.7 Å². The Labute approximate surface area is 153 Å². The van der Waals surface area contributed by atoms with Crippen molar-refractivity contribution in [3.05, 3.63) is 53.5 Å². The van der Waals surface area contributed by atoms with Crippen molar-refractivity contribution in [1.29, 1.82) is 0 Å². The van der Waals surface area contributed by atoms with Gasteiger partial charge in [-0.15, -0.1) is 0 Å². The molecule has 0 aromatic carbocycles. The summed E-state index contributed by atoms with van der Waals surface area (Å²) >= 11 is 0. The lowest BCUT2D eigenvalue weighted by Gasteiger charge is -2.23. The van der Waals surface area contributed by atoms with Crippen LogP contribution in [0.1, 0.15) is 27.7 Å². The summed E-state index contributed by atoms with van der Waals surface area (Å²) in [6.07, 6.45) is -1.59. The van der Waals surface area contributed by atoms with Crippen molar-refractivity contribution in [2.75, 3.05) is 26.3 Å². The molecule has 1 fully saturated rings.